The molecule has 2 amide bonds. The van der Waals surface area contributed by atoms with Crippen molar-refractivity contribution in [2.45, 2.75) is 6.04 Å². The molecule has 5 N–H and O–H groups in total. The molecule has 0 aliphatic rings. The van der Waals surface area contributed by atoms with Crippen molar-refractivity contribution in [1.29, 1.82) is 5.41 Å². The van der Waals surface area contributed by atoms with Crippen molar-refractivity contribution in [2.75, 3.05) is 24.8 Å². The lowest BCUT2D eigenvalue weighted by Gasteiger charge is -2.18. The Labute approximate surface area is 172 Å². The number of benzene rings is 1. The van der Waals surface area contributed by atoms with Gasteiger partial charge in [0.2, 0.25) is 0 Å². The van der Waals surface area contributed by atoms with Crippen LogP contribution in [0.15, 0.2) is 60.9 Å². The van der Waals surface area contributed by atoms with Gasteiger partial charge in [0, 0.05) is 42.4 Å². The SMILES string of the molecule is COCC(NC(=O)Nc1cc(N)c(C(=N)c2ccc(F)cc2)cn1)c1ccccn1. The Morgan fingerprint density at radius 1 is 1.23 bits per heavy atom. The number of aromatic nitrogens is 2. The summed E-state index contributed by atoms with van der Waals surface area (Å²) in [7, 11) is 1.53. The molecule has 3 rings (SSSR count). The molecule has 0 radical (unpaired) electrons. The van der Waals surface area contributed by atoms with Gasteiger partial charge in [-0.05, 0) is 36.4 Å². The summed E-state index contributed by atoms with van der Waals surface area (Å²) in [5.74, 6) is -0.168. The van der Waals surface area contributed by atoms with Gasteiger partial charge in [0.25, 0.3) is 0 Å². The standard InChI is InChI=1S/C21H21FN6O2/c1-30-12-18(17-4-2-3-9-25-17)27-21(29)28-19-10-16(23)15(11-26-19)20(24)13-5-7-14(22)8-6-13/h2-11,18,24H,12H2,1H3,(H4,23,26,27,28,29). The molecule has 30 heavy (non-hydrogen) atoms. The number of rotatable bonds is 7. The highest BCUT2D eigenvalue weighted by molar-refractivity contribution is 6.13. The number of hydrogen-bond donors (Lipinski definition) is 4. The molecule has 0 fully saturated rings. The lowest BCUT2D eigenvalue weighted by Crippen LogP contribution is -2.35. The first-order valence-corrected chi connectivity index (χ1v) is 9.05. The molecule has 3 aromatic rings. The van der Waals surface area contributed by atoms with Gasteiger partial charge in [-0.2, -0.15) is 0 Å². The van der Waals surface area contributed by atoms with Gasteiger partial charge in [0.05, 0.1) is 24.1 Å². The molecule has 0 aliphatic carbocycles. The second kappa shape index (κ2) is 9.57. The molecule has 0 bridgehead atoms. The molecular weight excluding hydrogens is 387 g/mol. The average molecular weight is 408 g/mol. The Balaban J connectivity index is 1.69. The Hall–Kier alpha value is -3.85. The van der Waals surface area contributed by atoms with E-state index in [4.69, 9.17) is 15.9 Å². The Bertz CT molecular complexity index is 1030. The van der Waals surface area contributed by atoms with Gasteiger partial charge in [-0.1, -0.05) is 6.07 Å². The van der Waals surface area contributed by atoms with Crippen LogP contribution in [0.3, 0.4) is 0 Å². The minimum Gasteiger partial charge on any atom is -0.398 e. The fraction of sp³-hybridized carbons (Fsp3) is 0.143. The molecule has 2 aromatic heterocycles. The normalized spacial score (nSPS) is 11.5. The van der Waals surface area contributed by atoms with Gasteiger partial charge in [-0.3, -0.25) is 15.7 Å². The molecule has 154 valence electrons. The zero-order valence-electron chi connectivity index (χ0n) is 16.2. The van der Waals surface area contributed by atoms with E-state index in [2.05, 4.69) is 20.6 Å². The van der Waals surface area contributed by atoms with Gasteiger partial charge >= 0.3 is 6.03 Å². The fourth-order valence-electron chi connectivity index (χ4n) is 2.78. The van der Waals surface area contributed by atoms with Crippen LogP contribution in [0.5, 0.6) is 0 Å². The van der Waals surface area contributed by atoms with E-state index < -0.39 is 12.1 Å². The first kappa shape index (κ1) is 20.9. The first-order valence-electron chi connectivity index (χ1n) is 9.05. The summed E-state index contributed by atoms with van der Waals surface area (Å²) >= 11 is 0. The zero-order valence-corrected chi connectivity index (χ0v) is 16.2. The molecular formula is C21H21FN6O2. The number of methoxy groups -OCH3 is 1. The number of carbonyl (C=O) groups is 1. The van der Waals surface area contributed by atoms with E-state index in [1.807, 2.05) is 6.07 Å². The third-order valence-electron chi connectivity index (χ3n) is 4.26. The van der Waals surface area contributed by atoms with Crippen molar-refractivity contribution < 1.29 is 13.9 Å². The van der Waals surface area contributed by atoms with Crippen molar-refractivity contribution in [3.63, 3.8) is 0 Å². The summed E-state index contributed by atoms with van der Waals surface area (Å²) in [6.07, 6.45) is 3.02. The van der Waals surface area contributed by atoms with E-state index >= 15 is 0 Å². The van der Waals surface area contributed by atoms with Gasteiger partial charge in [0.15, 0.2) is 0 Å². The third kappa shape index (κ3) is 5.15. The second-order valence-corrected chi connectivity index (χ2v) is 6.40. The highest BCUT2D eigenvalue weighted by atomic mass is 19.1. The summed E-state index contributed by atoms with van der Waals surface area (Å²) in [4.78, 5) is 20.8. The van der Waals surface area contributed by atoms with Crippen LogP contribution in [-0.2, 0) is 4.74 Å². The molecule has 2 heterocycles. The number of pyridine rings is 2. The van der Waals surface area contributed by atoms with Crippen LogP contribution >= 0.6 is 0 Å². The van der Waals surface area contributed by atoms with Crippen LogP contribution in [0.2, 0.25) is 0 Å². The predicted octanol–water partition coefficient (Wildman–Crippen LogP) is 3.12. The molecule has 8 nitrogen and oxygen atoms in total. The number of ether oxygens (including phenoxy) is 1. The highest BCUT2D eigenvalue weighted by Crippen LogP contribution is 2.19. The van der Waals surface area contributed by atoms with E-state index in [0.717, 1.165) is 0 Å². The molecule has 1 aromatic carbocycles. The van der Waals surface area contributed by atoms with Crippen molar-refractivity contribution in [1.82, 2.24) is 15.3 Å². The smallest absolute Gasteiger partial charge is 0.321 e. The highest BCUT2D eigenvalue weighted by Gasteiger charge is 2.17. The van der Waals surface area contributed by atoms with E-state index in [0.29, 0.717) is 16.8 Å². The summed E-state index contributed by atoms with van der Waals surface area (Å²) < 4.78 is 18.2. The number of nitrogens with two attached hydrogens (primary N) is 1. The molecule has 0 spiro atoms. The number of halogens is 1. The maximum atomic E-state index is 13.1. The predicted molar refractivity (Wildman–Crippen MR) is 112 cm³/mol. The molecule has 0 saturated heterocycles. The Morgan fingerprint density at radius 3 is 2.63 bits per heavy atom. The summed E-state index contributed by atoms with van der Waals surface area (Å²) in [6, 6.07) is 11.4. The number of nitrogens with zero attached hydrogens (tertiary/aromatic N) is 2. The van der Waals surface area contributed by atoms with Crippen LogP contribution in [0.25, 0.3) is 0 Å². The topological polar surface area (TPSA) is 126 Å². The average Bonchev–Trinajstić information content (AvgIpc) is 2.74. The maximum absolute atomic E-state index is 13.1. The summed E-state index contributed by atoms with van der Waals surface area (Å²) in [5, 5.41) is 13.6. The minimum atomic E-state index is -0.504. The van der Waals surface area contributed by atoms with Crippen LogP contribution in [0, 0.1) is 11.2 Å². The molecule has 1 atom stereocenters. The van der Waals surface area contributed by atoms with Gasteiger partial charge < -0.3 is 15.8 Å². The summed E-state index contributed by atoms with van der Waals surface area (Å²) in [6.45, 7) is 0.244. The molecule has 9 heteroatoms. The van der Waals surface area contributed by atoms with Crippen molar-refractivity contribution in [3.05, 3.63) is 83.6 Å². The number of amides is 2. The van der Waals surface area contributed by atoms with Gasteiger partial charge in [-0.15, -0.1) is 0 Å². The lowest BCUT2D eigenvalue weighted by atomic mass is 10.0. The Morgan fingerprint density at radius 2 is 2.00 bits per heavy atom. The number of nitrogens with one attached hydrogen (secondary N) is 3. The fourth-order valence-corrected chi connectivity index (χ4v) is 2.78. The van der Waals surface area contributed by atoms with E-state index in [1.165, 1.54) is 43.6 Å². The zero-order chi connectivity index (χ0) is 21.5. The van der Waals surface area contributed by atoms with Crippen molar-refractivity contribution in [2.24, 2.45) is 0 Å². The number of anilines is 2. The van der Waals surface area contributed by atoms with Crippen LogP contribution < -0.4 is 16.4 Å². The van der Waals surface area contributed by atoms with Crippen LogP contribution in [0.4, 0.5) is 20.7 Å². The minimum absolute atomic E-state index is 0.103. The van der Waals surface area contributed by atoms with E-state index in [1.54, 1.807) is 18.3 Å². The second-order valence-electron chi connectivity index (χ2n) is 6.40. The van der Waals surface area contributed by atoms with Crippen molar-refractivity contribution >= 4 is 23.2 Å². The molecule has 0 aliphatic heterocycles. The largest absolute Gasteiger partial charge is 0.398 e. The van der Waals surface area contributed by atoms with E-state index in [-0.39, 0.29) is 29.6 Å². The lowest BCUT2D eigenvalue weighted by molar-refractivity contribution is 0.166. The van der Waals surface area contributed by atoms with Gasteiger partial charge in [-0.25, -0.2) is 14.2 Å². The third-order valence-corrected chi connectivity index (χ3v) is 4.26. The monoisotopic (exact) mass is 408 g/mol. The van der Waals surface area contributed by atoms with Gasteiger partial charge in [0.1, 0.15) is 11.6 Å². The molecule has 1 unspecified atom stereocenters. The summed E-state index contributed by atoms with van der Waals surface area (Å²) in [5.41, 5.74) is 7.94. The van der Waals surface area contributed by atoms with Crippen molar-refractivity contribution in [3.8, 4) is 0 Å². The number of urea groups is 1. The van der Waals surface area contributed by atoms with E-state index in [9.17, 15) is 9.18 Å². The Kier molecular flexibility index (Phi) is 6.66. The molecule has 0 saturated carbocycles. The number of hydrogen-bond acceptors (Lipinski definition) is 6. The quantitative estimate of drug-likeness (QED) is 0.447. The maximum Gasteiger partial charge on any atom is 0.321 e. The number of carbonyl (C=O) groups excluding carboxylic acids is 1. The van der Waals surface area contributed by atoms with Crippen LogP contribution in [0.1, 0.15) is 22.9 Å². The number of nitrogen functional groups attached to an aromatic ring is 1. The van der Waals surface area contributed by atoms with Crippen LogP contribution in [-0.4, -0.2) is 35.4 Å². The first-order chi connectivity index (χ1) is 14.5.